The SMILES string of the molecule is C#Cc1ccc(C(=O)CC)s1.C=C.C=CCc1ccc(C)cc1.CC.COC.[HH]. The smallest absolute Gasteiger partial charge is 0.172 e. The largest absolute Gasteiger partial charge is 0.388 e. The van der Waals surface area contributed by atoms with Gasteiger partial charge in [-0.1, -0.05) is 62.6 Å². The molecule has 0 saturated heterocycles. The molecule has 0 N–H and O–H groups in total. The third-order valence-corrected chi connectivity index (χ3v) is 3.90. The number of hydrogen-bond donors (Lipinski definition) is 0. The average molecular weight is 403 g/mol. The zero-order chi connectivity index (χ0) is 22.4. The first-order valence-corrected chi connectivity index (χ1v) is 10.00. The van der Waals surface area contributed by atoms with E-state index in [1.165, 1.54) is 22.5 Å². The molecule has 0 spiro atoms. The Bertz CT molecular complexity index is 667. The average Bonchev–Trinajstić information content (AvgIpc) is 3.23. The second kappa shape index (κ2) is 22.6. The van der Waals surface area contributed by atoms with Gasteiger partial charge in [0, 0.05) is 22.1 Å². The lowest BCUT2D eigenvalue weighted by atomic mass is 10.1. The molecule has 156 valence electrons. The molecule has 2 rings (SSSR count). The molecule has 0 aliphatic carbocycles. The number of ether oxygens (including phenoxy) is 1. The van der Waals surface area contributed by atoms with Gasteiger partial charge in [-0.05, 0) is 31.0 Å². The third kappa shape index (κ3) is 15.8. The van der Waals surface area contributed by atoms with Crippen molar-refractivity contribution in [1.82, 2.24) is 0 Å². The molecule has 0 aliphatic heterocycles. The van der Waals surface area contributed by atoms with E-state index in [-0.39, 0.29) is 7.21 Å². The molecule has 3 heteroatoms. The fraction of sp³-hybridized carbons (Fsp3) is 0.320. The summed E-state index contributed by atoms with van der Waals surface area (Å²) in [5, 5.41) is 0. The first-order valence-electron chi connectivity index (χ1n) is 9.18. The van der Waals surface area contributed by atoms with Crippen LogP contribution in [0.4, 0.5) is 0 Å². The topological polar surface area (TPSA) is 26.3 Å². The van der Waals surface area contributed by atoms with Crippen LogP contribution in [0.3, 0.4) is 0 Å². The van der Waals surface area contributed by atoms with Crippen LogP contribution in [0.15, 0.2) is 62.2 Å². The van der Waals surface area contributed by atoms with Crippen molar-refractivity contribution < 1.29 is 11.0 Å². The number of ketones is 1. The minimum Gasteiger partial charge on any atom is -0.388 e. The Morgan fingerprint density at radius 3 is 2.04 bits per heavy atom. The summed E-state index contributed by atoms with van der Waals surface area (Å²) in [6, 6.07) is 12.1. The summed E-state index contributed by atoms with van der Waals surface area (Å²) < 4.78 is 4.25. The van der Waals surface area contributed by atoms with Gasteiger partial charge in [-0.15, -0.1) is 37.5 Å². The lowest BCUT2D eigenvalue weighted by Crippen LogP contribution is -1.90. The zero-order valence-corrected chi connectivity index (χ0v) is 19.2. The van der Waals surface area contributed by atoms with Crippen molar-refractivity contribution in [1.29, 1.82) is 0 Å². The number of carbonyl (C=O) groups is 1. The number of carbonyl (C=O) groups excluding carboxylic acids is 1. The second-order valence-corrected chi connectivity index (χ2v) is 6.06. The van der Waals surface area contributed by atoms with Crippen LogP contribution in [0, 0.1) is 19.3 Å². The standard InChI is InChI=1S/C10H12.C9H8OS.C2H6O.C2H6.C2H4.H2/c1-3-4-10-7-5-9(2)6-8-10;1-3-7-5-6-9(11-7)8(10)4-2;1-3-2;2*1-2;/h3,5-8H,1,4H2,2H3;1,5-6H,4H2,2H3;1-2H3;1-2H3;1-2H2;1H. The highest BCUT2D eigenvalue weighted by Gasteiger charge is 2.04. The van der Waals surface area contributed by atoms with Crippen molar-refractivity contribution >= 4 is 17.1 Å². The number of benzene rings is 1. The Morgan fingerprint density at radius 1 is 1.18 bits per heavy atom. The van der Waals surface area contributed by atoms with Crippen molar-refractivity contribution in [3.8, 4) is 12.3 Å². The van der Waals surface area contributed by atoms with Crippen LogP contribution >= 0.6 is 11.3 Å². The Morgan fingerprint density at radius 2 is 1.68 bits per heavy atom. The maximum Gasteiger partial charge on any atom is 0.172 e. The lowest BCUT2D eigenvalue weighted by molar-refractivity contribution is 0.0992. The van der Waals surface area contributed by atoms with Crippen LogP contribution < -0.4 is 0 Å². The summed E-state index contributed by atoms with van der Waals surface area (Å²) in [6.07, 6.45) is 8.59. The van der Waals surface area contributed by atoms with Crippen LogP contribution in [0.1, 0.15) is 54.3 Å². The summed E-state index contributed by atoms with van der Waals surface area (Å²) in [5.41, 5.74) is 2.65. The molecular formula is C25H38O2S. The maximum absolute atomic E-state index is 11.1. The Balaban J connectivity index is -0.000000161. The minimum absolute atomic E-state index is 0. The van der Waals surface area contributed by atoms with Crippen LogP contribution in [-0.4, -0.2) is 20.0 Å². The van der Waals surface area contributed by atoms with Gasteiger partial charge in [0.2, 0.25) is 0 Å². The number of terminal acetylenes is 1. The Labute approximate surface area is 178 Å². The molecule has 2 nitrogen and oxygen atoms in total. The van der Waals surface area contributed by atoms with Gasteiger partial charge in [0.15, 0.2) is 5.78 Å². The third-order valence-electron chi connectivity index (χ3n) is 2.84. The van der Waals surface area contributed by atoms with Crippen LogP contribution in [0.25, 0.3) is 0 Å². The van der Waals surface area contributed by atoms with E-state index < -0.39 is 0 Å². The Hall–Kier alpha value is -2.41. The fourth-order valence-electron chi connectivity index (χ4n) is 1.63. The van der Waals surface area contributed by atoms with Gasteiger partial charge in [-0.25, -0.2) is 0 Å². The molecule has 0 amide bonds. The number of hydrogen-bond acceptors (Lipinski definition) is 3. The molecule has 0 fully saturated rings. The van der Waals surface area contributed by atoms with Crippen molar-refractivity contribution in [3.63, 3.8) is 0 Å². The molecule has 2 aromatic rings. The Kier molecular flexibility index (Phi) is 24.5. The van der Waals surface area contributed by atoms with Crippen molar-refractivity contribution in [2.45, 2.75) is 40.5 Å². The van der Waals surface area contributed by atoms with E-state index in [0.29, 0.717) is 6.42 Å². The number of rotatable bonds is 4. The number of aryl methyl sites for hydroxylation is 1. The maximum atomic E-state index is 11.1. The van der Waals surface area contributed by atoms with Crippen molar-refractivity contribution in [2.75, 3.05) is 14.2 Å². The van der Waals surface area contributed by atoms with Gasteiger partial charge in [-0.2, -0.15) is 0 Å². The van der Waals surface area contributed by atoms with E-state index in [4.69, 9.17) is 6.42 Å². The highest BCUT2D eigenvalue weighted by atomic mass is 32.1. The van der Waals surface area contributed by atoms with E-state index in [1.807, 2.05) is 26.8 Å². The highest BCUT2D eigenvalue weighted by Crippen LogP contribution is 2.16. The van der Waals surface area contributed by atoms with Crippen molar-refractivity contribution in [3.05, 3.63) is 83.1 Å². The molecule has 0 radical (unpaired) electrons. The molecule has 0 aliphatic rings. The molecule has 28 heavy (non-hydrogen) atoms. The van der Waals surface area contributed by atoms with Gasteiger partial charge >= 0.3 is 0 Å². The molecule has 1 aromatic heterocycles. The predicted molar refractivity (Wildman–Crippen MR) is 130 cm³/mol. The molecular weight excluding hydrogens is 364 g/mol. The minimum atomic E-state index is 0. The molecule has 0 saturated carbocycles. The van der Waals surface area contributed by atoms with Gasteiger partial charge < -0.3 is 4.74 Å². The van der Waals surface area contributed by atoms with E-state index in [2.05, 4.69) is 61.6 Å². The van der Waals surface area contributed by atoms with E-state index in [1.54, 1.807) is 26.4 Å². The first kappa shape index (κ1) is 30.3. The number of methoxy groups -OCH3 is 1. The van der Waals surface area contributed by atoms with Gasteiger partial charge in [0.05, 0.1) is 9.75 Å². The van der Waals surface area contributed by atoms with E-state index in [9.17, 15) is 4.79 Å². The zero-order valence-electron chi connectivity index (χ0n) is 18.4. The van der Waals surface area contributed by atoms with Crippen molar-refractivity contribution in [2.24, 2.45) is 0 Å². The summed E-state index contributed by atoms with van der Waals surface area (Å²) >= 11 is 1.38. The molecule has 0 unspecified atom stereocenters. The normalized spacial score (nSPS) is 7.89. The molecule has 0 bridgehead atoms. The van der Waals surface area contributed by atoms with Gasteiger partial charge in [0.1, 0.15) is 0 Å². The number of thiophene rings is 1. The van der Waals surface area contributed by atoms with Gasteiger partial charge in [0.25, 0.3) is 0 Å². The number of Topliss-reactive ketones (excluding diaryl/α,β-unsaturated/α-hetero) is 1. The predicted octanol–water partition coefficient (Wildman–Crippen LogP) is 7.38. The van der Waals surface area contributed by atoms with Crippen LogP contribution in [0.2, 0.25) is 0 Å². The highest BCUT2D eigenvalue weighted by molar-refractivity contribution is 7.14. The molecule has 0 atom stereocenters. The summed E-state index contributed by atoms with van der Waals surface area (Å²) in [4.78, 5) is 12.7. The molecule has 1 heterocycles. The number of allylic oxidation sites excluding steroid dienone is 1. The lowest BCUT2D eigenvalue weighted by Gasteiger charge is -1.95. The van der Waals surface area contributed by atoms with Crippen LogP contribution in [-0.2, 0) is 11.2 Å². The monoisotopic (exact) mass is 402 g/mol. The quantitative estimate of drug-likeness (QED) is 0.303. The van der Waals surface area contributed by atoms with Gasteiger partial charge in [-0.3, -0.25) is 4.79 Å². The first-order chi connectivity index (χ1) is 13.5. The van der Waals surface area contributed by atoms with E-state index in [0.717, 1.165) is 16.2 Å². The molecule has 1 aromatic carbocycles. The van der Waals surface area contributed by atoms with Crippen LogP contribution in [0.5, 0.6) is 0 Å². The second-order valence-electron chi connectivity index (χ2n) is 4.97. The summed E-state index contributed by atoms with van der Waals surface area (Å²) in [5.74, 6) is 2.66. The summed E-state index contributed by atoms with van der Waals surface area (Å²) in [6.45, 7) is 17.6. The fourth-order valence-corrected chi connectivity index (χ4v) is 2.46. The van der Waals surface area contributed by atoms with E-state index >= 15 is 0 Å². The summed E-state index contributed by atoms with van der Waals surface area (Å²) in [7, 11) is 3.25.